The Bertz CT molecular complexity index is 3150. The molecule has 6 aliphatic rings. The summed E-state index contributed by atoms with van der Waals surface area (Å²) in [6.07, 6.45) is 4.52. The molecule has 0 aliphatic carbocycles. The predicted molar refractivity (Wildman–Crippen MR) is 262 cm³/mol. The summed E-state index contributed by atoms with van der Waals surface area (Å²) >= 11 is 0. The van der Waals surface area contributed by atoms with Gasteiger partial charge in [0.05, 0.1) is 56.9 Å². The summed E-state index contributed by atoms with van der Waals surface area (Å²) in [6.45, 7) is 5.59. The van der Waals surface area contributed by atoms with E-state index in [4.69, 9.17) is 18.9 Å². The molecule has 2 atom stereocenters. The molecule has 0 radical (unpaired) electrons. The molecule has 0 bridgehead atoms. The van der Waals surface area contributed by atoms with Gasteiger partial charge in [0, 0.05) is 61.5 Å². The lowest BCUT2D eigenvalue weighted by Crippen LogP contribution is -2.85. The molecule has 5 fully saturated rings. The second-order valence-electron chi connectivity index (χ2n) is 19.6. The van der Waals surface area contributed by atoms with Gasteiger partial charge in [0.2, 0.25) is 0 Å². The minimum absolute atomic E-state index is 0.0636. The maximum Gasteiger partial charge on any atom is 0.354 e. The molecule has 29 nitrogen and oxygen atoms in total. The minimum atomic E-state index is -4.33. The minimum Gasteiger partial charge on any atom is -0.443 e. The number of aliphatic hydroxyl groups is 13. The molecule has 15 N–H and O–H groups in total. The number of amides is 6. The van der Waals surface area contributed by atoms with Crippen LogP contribution in [0.4, 0.5) is 8.78 Å². The van der Waals surface area contributed by atoms with Crippen LogP contribution in [0.25, 0.3) is 0 Å². The first kappa shape index (κ1) is 61.0. The predicted octanol–water partition coefficient (Wildman–Crippen LogP) is -6.12. The third-order valence-electron chi connectivity index (χ3n) is 14.2. The van der Waals surface area contributed by atoms with Crippen LogP contribution in [0.15, 0.2) is 90.2 Å². The molecule has 5 saturated heterocycles. The molecular formula is C51H56F2N6O23. The average Bonchev–Trinajstić information content (AvgIpc) is 1.39. The second-order valence-corrected chi connectivity index (χ2v) is 19.6. The smallest absolute Gasteiger partial charge is 0.354 e. The molecule has 31 heteroatoms. The molecule has 6 amide bonds. The topological polar surface area (TPSA) is 439 Å². The number of imide groups is 2. The van der Waals surface area contributed by atoms with Crippen molar-refractivity contribution in [3.63, 3.8) is 0 Å². The number of nitrogens with one attached hydrogen (secondary N) is 2. The summed E-state index contributed by atoms with van der Waals surface area (Å²) < 4.78 is 50.8. The van der Waals surface area contributed by atoms with Crippen LogP contribution in [0.5, 0.6) is 5.75 Å². The first-order valence-corrected chi connectivity index (χ1v) is 24.8. The number of benzene rings is 3. The van der Waals surface area contributed by atoms with Crippen molar-refractivity contribution in [1.29, 1.82) is 0 Å². The van der Waals surface area contributed by atoms with Crippen molar-refractivity contribution < 1.29 is 123 Å². The van der Waals surface area contributed by atoms with Crippen LogP contribution in [0.2, 0.25) is 0 Å². The van der Waals surface area contributed by atoms with E-state index in [2.05, 4.69) is 0 Å². The van der Waals surface area contributed by atoms with Crippen molar-refractivity contribution in [1.82, 2.24) is 30.2 Å². The van der Waals surface area contributed by atoms with Crippen molar-refractivity contribution in [3.8, 4) is 5.75 Å². The molecule has 0 saturated carbocycles. The number of nitrogens with zero attached hydrogens (tertiary/aromatic N) is 4. The van der Waals surface area contributed by atoms with E-state index in [-0.39, 0.29) is 32.9 Å². The van der Waals surface area contributed by atoms with Crippen LogP contribution in [-0.2, 0) is 69.8 Å². The Kier molecular flexibility index (Phi) is 16.8. The lowest BCUT2D eigenvalue weighted by atomic mass is 9.87. The summed E-state index contributed by atoms with van der Waals surface area (Å²) in [6, 6.07) is 8.82. The van der Waals surface area contributed by atoms with Crippen molar-refractivity contribution in [2.75, 3.05) is 59.2 Å². The number of fused-ring (bicyclic) bond motifs is 1. The average molecular weight is 1160 g/mol. The fraction of sp³-hybridized carbons (Fsp3) is 0.412. The Morgan fingerprint density at radius 3 is 1.76 bits per heavy atom. The number of hydrogen-bond acceptors (Lipinski definition) is 25. The van der Waals surface area contributed by atoms with Gasteiger partial charge in [-0.2, -0.15) is 0 Å². The van der Waals surface area contributed by atoms with E-state index in [9.17, 15) is 104 Å². The highest BCUT2D eigenvalue weighted by molar-refractivity contribution is 6.11. The van der Waals surface area contributed by atoms with Crippen molar-refractivity contribution in [3.05, 3.63) is 135 Å². The SMILES string of the molecule is C\C=C/C=C1/C(=O)N(C2(O)C(=O)NC(=O)C(O)(O)C2(O)O)C/C1=C\OC(O)(O)c1ccc(CN2CCOCC2)cc1F.O=C1NC(=O)C(O)(O)C(O)(O)C1N1Cc2c(OC(O)(O)c3ccc(CN4CCOCC4)cc3F)cccc2C1=O. The van der Waals surface area contributed by atoms with Gasteiger partial charge >= 0.3 is 23.5 Å². The number of allylic oxidation sites excluding steroid dienone is 3. The fourth-order valence-corrected chi connectivity index (χ4v) is 9.59. The quantitative estimate of drug-likeness (QED) is 0.0328. The summed E-state index contributed by atoms with van der Waals surface area (Å²) in [7, 11) is 0. The summed E-state index contributed by atoms with van der Waals surface area (Å²) in [5.41, 5.74) is -4.97. The van der Waals surface area contributed by atoms with Gasteiger partial charge in [-0.25, -0.2) is 8.78 Å². The van der Waals surface area contributed by atoms with E-state index in [0.717, 1.165) is 30.3 Å². The van der Waals surface area contributed by atoms with Crippen molar-refractivity contribution in [2.45, 2.75) is 73.4 Å². The van der Waals surface area contributed by atoms with Gasteiger partial charge in [-0.3, -0.25) is 54.1 Å². The van der Waals surface area contributed by atoms with E-state index in [1.807, 2.05) is 9.80 Å². The Labute approximate surface area is 461 Å². The zero-order valence-electron chi connectivity index (χ0n) is 43.0. The number of carbonyl (C=O) groups excluding carboxylic acids is 6. The zero-order chi connectivity index (χ0) is 60.1. The van der Waals surface area contributed by atoms with E-state index >= 15 is 0 Å². The summed E-state index contributed by atoms with van der Waals surface area (Å²) in [5.74, 6) is -34.4. The Morgan fingerprint density at radius 2 is 1.22 bits per heavy atom. The fourth-order valence-electron chi connectivity index (χ4n) is 9.59. The van der Waals surface area contributed by atoms with E-state index in [1.54, 1.807) is 12.2 Å². The third kappa shape index (κ3) is 11.0. The first-order valence-electron chi connectivity index (χ1n) is 24.8. The number of morpholine rings is 2. The van der Waals surface area contributed by atoms with Crippen LogP contribution < -0.4 is 15.4 Å². The van der Waals surface area contributed by atoms with Gasteiger partial charge in [0.1, 0.15) is 17.4 Å². The van der Waals surface area contributed by atoms with Gasteiger partial charge in [-0.15, -0.1) is 0 Å². The number of rotatable bonds is 13. The number of ether oxygens (including phenoxy) is 4. The van der Waals surface area contributed by atoms with Gasteiger partial charge in [0.15, 0.2) is 6.04 Å². The Morgan fingerprint density at radius 1 is 0.683 bits per heavy atom. The highest BCUT2D eigenvalue weighted by Crippen LogP contribution is 2.42. The van der Waals surface area contributed by atoms with Gasteiger partial charge in [0.25, 0.3) is 52.7 Å². The molecule has 0 spiro atoms. The molecule has 2 unspecified atom stereocenters. The number of halogens is 2. The molecule has 82 heavy (non-hydrogen) atoms. The van der Waals surface area contributed by atoms with Crippen LogP contribution in [0.1, 0.15) is 45.1 Å². The van der Waals surface area contributed by atoms with Crippen LogP contribution >= 0.6 is 0 Å². The van der Waals surface area contributed by atoms with E-state index in [0.29, 0.717) is 88.0 Å². The summed E-state index contributed by atoms with van der Waals surface area (Å²) in [4.78, 5) is 79.5. The van der Waals surface area contributed by atoms with Crippen LogP contribution in [0.3, 0.4) is 0 Å². The highest BCUT2D eigenvalue weighted by Gasteiger charge is 2.76. The Hall–Kier alpha value is -7.12. The van der Waals surface area contributed by atoms with Crippen LogP contribution in [0, 0.1) is 11.6 Å². The Balaban J connectivity index is 0.000000215. The van der Waals surface area contributed by atoms with Gasteiger partial charge < -0.3 is 90.2 Å². The zero-order valence-corrected chi connectivity index (χ0v) is 43.0. The number of carbonyl (C=O) groups is 6. The molecule has 3 aromatic rings. The maximum absolute atomic E-state index is 15.0. The lowest BCUT2D eigenvalue weighted by Gasteiger charge is -2.49. The maximum atomic E-state index is 15.0. The van der Waals surface area contributed by atoms with Crippen molar-refractivity contribution in [2.24, 2.45) is 0 Å². The lowest BCUT2D eigenvalue weighted by molar-refractivity contribution is -0.407. The standard InChI is InChI=1S/C26H30FN3O12.C25H26FN3O11/c1-2-3-4-17-16(13-30(20(17)31)23(34)21(32)28-22(33)24(35,36)26(23,39)40)14-42-25(37,38)18-6-5-15(11-19(18)27)12-29-7-9-41-10-8-29;26-17-10-13(11-28-6-8-39-9-7-28)4-5-16(17)25(37,38)40-18-3-1-2-14-15(18)12-29(21(14)31)19-20(30)27-22(32)24(35,36)23(19,33)34/h2-6,11,14,34-40H,7-10,12-13H2,1H3,(H,28,32,33);1-5,10,19,33-38H,6-9,11-12H2,(H,27,30,32)/b3-2-,16-14+,17-4+;. The number of hydrogen-bond donors (Lipinski definition) is 15. The highest BCUT2D eigenvalue weighted by atomic mass is 19.1. The van der Waals surface area contributed by atoms with Gasteiger partial charge in [-0.05, 0) is 60.5 Å². The largest absolute Gasteiger partial charge is 0.443 e. The molecule has 3 aromatic carbocycles. The molecule has 6 aliphatic heterocycles. The van der Waals surface area contributed by atoms with E-state index in [1.165, 1.54) is 47.8 Å². The van der Waals surface area contributed by atoms with Gasteiger partial charge in [-0.1, -0.05) is 30.4 Å². The molecular weight excluding hydrogens is 1100 g/mol. The summed E-state index contributed by atoms with van der Waals surface area (Å²) in [5, 5.41) is 137. The second kappa shape index (κ2) is 22.6. The van der Waals surface area contributed by atoms with E-state index < -0.39 is 118 Å². The molecule has 6 heterocycles. The van der Waals surface area contributed by atoms with Crippen molar-refractivity contribution >= 4 is 35.4 Å². The molecule has 9 rings (SSSR count). The van der Waals surface area contributed by atoms with Crippen LogP contribution in [-0.4, -0.2) is 215 Å². The third-order valence-corrected chi connectivity index (χ3v) is 14.2. The normalized spacial score (nSPS) is 24.9. The monoisotopic (exact) mass is 1160 g/mol. The molecule has 0 aromatic heterocycles. The molecule has 442 valence electrons. The number of likely N-dealkylation sites (tertiary alicyclic amines) is 1. The number of piperidine rings is 2. The first-order chi connectivity index (χ1) is 38.3.